The summed E-state index contributed by atoms with van der Waals surface area (Å²) in [7, 11) is -2.92. The first-order chi connectivity index (χ1) is 22.5. The van der Waals surface area contributed by atoms with E-state index in [1.807, 2.05) is 42.5 Å². The molecule has 0 bridgehead atoms. The smallest absolute Gasteiger partial charge is 0.250 e. The Morgan fingerprint density at radius 2 is 0.688 bits per heavy atom. The van der Waals surface area contributed by atoms with Crippen LogP contribution in [0.4, 0.5) is 22.7 Å². The molecule has 0 fully saturated rings. The van der Waals surface area contributed by atoms with Crippen molar-refractivity contribution >= 4 is 137 Å². The summed E-state index contributed by atoms with van der Waals surface area (Å²) in [4.78, 5) is 13.9. The molecule has 4 nitrogen and oxygen atoms in total. The SMILES string of the molecule is [C-]#[N+]c1cc2cc3cc([Si](C)(C)C)c([Si](C)(C)C)cc3cc2cc1[N+]#[C-].[C-]#[N+]c1cc2cc3ccc([Si](Cl)(Cl)Cl)cc3cc2cc1[N+]#[C-]. The van der Waals surface area contributed by atoms with Gasteiger partial charge in [0.2, 0.25) is 0 Å². The van der Waals surface area contributed by atoms with Crippen LogP contribution in [-0.4, -0.2) is 22.2 Å². The molecule has 0 saturated carbocycles. The Morgan fingerprint density at radius 3 is 0.979 bits per heavy atom. The molecule has 6 rings (SSSR count). The molecular weight excluding hydrogens is 703 g/mol. The van der Waals surface area contributed by atoms with E-state index in [0.717, 1.165) is 37.5 Å². The number of fused-ring (bicyclic) bond motifs is 4. The molecule has 236 valence electrons. The molecule has 0 N–H and O–H groups in total. The highest BCUT2D eigenvalue weighted by atomic mass is 35.8. The summed E-state index contributed by atoms with van der Waals surface area (Å²) in [6, 6.07) is 23.0. The minimum Gasteiger partial charge on any atom is -0.250 e. The van der Waals surface area contributed by atoms with Gasteiger partial charge in [0.25, 0.3) is 0 Å². The van der Waals surface area contributed by atoms with Crippen LogP contribution >= 0.6 is 33.2 Å². The molecule has 0 saturated heterocycles. The van der Waals surface area contributed by atoms with Gasteiger partial charge in [0.05, 0.1) is 42.4 Å². The Labute approximate surface area is 298 Å². The van der Waals surface area contributed by atoms with Gasteiger partial charge in [-0.25, -0.2) is 0 Å². The molecule has 0 aromatic heterocycles. The fourth-order valence-corrected chi connectivity index (χ4v) is 12.7. The van der Waals surface area contributed by atoms with Crippen molar-refractivity contribution in [1.82, 2.24) is 0 Å². The van der Waals surface area contributed by atoms with Crippen LogP contribution in [0.3, 0.4) is 0 Å². The molecule has 6 aromatic carbocycles. The largest absolute Gasteiger partial charge is 0.372 e. The summed E-state index contributed by atoms with van der Waals surface area (Å²) < 4.78 is 0. The third kappa shape index (κ3) is 7.14. The minimum atomic E-state index is -2.92. The maximum Gasteiger partial charge on any atom is 0.372 e. The second-order valence-electron chi connectivity index (χ2n) is 13.8. The average molecular weight is 734 g/mol. The maximum absolute atomic E-state index is 7.33. The van der Waals surface area contributed by atoms with Crippen molar-refractivity contribution in [2.24, 2.45) is 0 Å². The van der Waals surface area contributed by atoms with Crippen molar-refractivity contribution in [2.75, 3.05) is 0 Å². The Morgan fingerprint density at radius 1 is 0.396 bits per heavy atom. The zero-order valence-corrected chi connectivity index (χ0v) is 32.7. The quantitative estimate of drug-likeness (QED) is 0.0746. The highest BCUT2D eigenvalue weighted by molar-refractivity contribution is 7.69. The lowest BCUT2D eigenvalue weighted by Gasteiger charge is -2.28. The number of benzene rings is 6. The molecule has 0 spiro atoms. The van der Waals surface area contributed by atoms with Gasteiger partial charge in [-0.05, 0) is 72.5 Å². The first-order valence-corrected chi connectivity index (χ1v) is 27.2. The van der Waals surface area contributed by atoms with Gasteiger partial charge in [-0.3, -0.25) is 19.4 Å². The van der Waals surface area contributed by atoms with Crippen LogP contribution < -0.4 is 15.6 Å². The molecule has 10 heteroatoms. The van der Waals surface area contributed by atoms with E-state index >= 15 is 0 Å². The molecule has 0 unspecified atom stereocenters. The molecule has 0 aliphatic carbocycles. The zero-order chi connectivity index (χ0) is 35.2. The van der Waals surface area contributed by atoms with E-state index in [-0.39, 0.29) is 0 Å². The second kappa shape index (κ2) is 13.0. The monoisotopic (exact) mass is 732 g/mol. The van der Waals surface area contributed by atoms with E-state index in [9.17, 15) is 0 Å². The molecule has 0 heterocycles. The Bertz CT molecular complexity index is 2370. The van der Waals surface area contributed by atoms with Gasteiger partial charge >= 0.3 is 6.00 Å². The number of halogens is 3. The number of hydrogen-bond acceptors (Lipinski definition) is 0. The lowest BCUT2D eigenvalue weighted by molar-refractivity contribution is 1.69. The van der Waals surface area contributed by atoms with Crippen molar-refractivity contribution < 1.29 is 0 Å². The fraction of sp³-hybridized carbons (Fsp3) is 0.158. The summed E-state index contributed by atoms with van der Waals surface area (Å²) in [6.07, 6.45) is 0. The zero-order valence-electron chi connectivity index (χ0n) is 27.4. The van der Waals surface area contributed by atoms with E-state index in [0.29, 0.717) is 22.7 Å². The van der Waals surface area contributed by atoms with Crippen molar-refractivity contribution in [3.8, 4) is 0 Å². The average Bonchev–Trinajstić information content (AvgIpc) is 3.03. The summed E-state index contributed by atoms with van der Waals surface area (Å²) in [5.41, 5.74) is 1.60. The van der Waals surface area contributed by atoms with Crippen molar-refractivity contribution in [3.05, 3.63) is 125 Å². The maximum atomic E-state index is 7.33. The van der Waals surface area contributed by atoms with E-state index in [4.69, 9.17) is 59.5 Å². The number of hydrogen-bond donors (Lipinski definition) is 0. The van der Waals surface area contributed by atoms with Crippen LogP contribution in [0.5, 0.6) is 0 Å². The fourth-order valence-electron chi connectivity index (χ4n) is 5.88. The van der Waals surface area contributed by atoms with Crippen LogP contribution in [0.25, 0.3) is 62.5 Å². The Balaban J connectivity index is 0.000000190. The van der Waals surface area contributed by atoms with Crippen molar-refractivity contribution in [2.45, 2.75) is 39.3 Å². The van der Waals surface area contributed by atoms with E-state index in [2.05, 4.69) is 82.9 Å². The summed E-state index contributed by atoms with van der Waals surface area (Å²) >= 11 is 18.2. The van der Waals surface area contributed by atoms with Crippen LogP contribution in [0.15, 0.2) is 78.9 Å². The molecule has 0 amide bonds. The summed E-state index contributed by atoms with van der Waals surface area (Å²) in [5, 5.41) is 12.2. The predicted molar refractivity (Wildman–Crippen MR) is 217 cm³/mol. The van der Waals surface area contributed by atoms with E-state index in [1.54, 1.807) is 22.5 Å². The van der Waals surface area contributed by atoms with Crippen LogP contribution in [0.2, 0.25) is 39.3 Å². The standard InChI is InChI=1S/C22H24N2Si2.C16H7Cl3N2Si/c1-23-19-11-15-9-17-13-21(25(3,4)5)22(26(6,7)8)14-18(17)10-16(15)12-20(19)24-2;1-20-15-8-12-5-10-3-4-14(22(17,18)19)7-11(10)6-13(12)9-16(15)21-2/h9-14H,3-8H3;3-9H. The van der Waals surface area contributed by atoms with Gasteiger partial charge in [0, 0.05) is 0 Å². The molecule has 0 aliphatic rings. The molecule has 0 aliphatic heterocycles. The van der Waals surface area contributed by atoms with Gasteiger partial charge in [-0.15, -0.1) is 33.2 Å². The highest BCUT2D eigenvalue weighted by Crippen LogP contribution is 2.36. The third-order valence-electron chi connectivity index (χ3n) is 8.34. The predicted octanol–water partition coefficient (Wildman–Crippen LogP) is 12.1. The molecule has 0 atom stereocenters. The third-order valence-corrected chi connectivity index (χ3v) is 15.6. The van der Waals surface area contributed by atoms with Gasteiger partial charge in [-0.1, -0.05) is 104 Å². The van der Waals surface area contributed by atoms with Crippen LogP contribution in [-0.2, 0) is 0 Å². The molecule has 48 heavy (non-hydrogen) atoms. The molecular formula is C38H31Cl3N4Si3. The van der Waals surface area contributed by atoms with Crippen LogP contribution in [0, 0.1) is 26.3 Å². The molecule has 0 radical (unpaired) electrons. The van der Waals surface area contributed by atoms with Gasteiger partial charge in [0.15, 0.2) is 22.7 Å². The second-order valence-corrected chi connectivity index (χ2v) is 32.3. The van der Waals surface area contributed by atoms with Crippen molar-refractivity contribution in [3.63, 3.8) is 0 Å². The summed E-state index contributed by atoms with van der Waals surface area (Å²) in [5.74, 6) is 0. The van der Waals surface area contributed by atoms with Crippen LogP contribution in [0.1, 0.15) is 0 Å². The Kier molecular flexibility index (Phi) is 9.55. The lowest BCUT2D eigenvalue weighted by Crippen LogP contribution is -2.56. The topological polar surface area (TPSA) is 17.4 Å². The number of rotatable bonds is 3. The van der Waals surface area contributed by atoms with Gasteiger partial charge in [0.1, 0.15) is 0 Å². The first-order valence-electron chi connectivity index (χ1n) is 15.1. The first kappa shape index (κ1) is 35.2. The van der Waals surface area contributed by atoms with E-state index < -0.39 is 22.2 Å². The number of nitrogens with zero attached hydrogens (tertiary/aromatic N) is 4. The highest BCUT2D eigenvalue weighted by Gasteiger charge is 2.29. The van der Waals surface area contributed by atoms with Gasteiger partial charge < -0.3 is 0 Å². The molecule has 6 aromatic rings. The van der Waals surface area contributed by atoms with E-state index in [1.165, 1.54) is 10.8 Å². The Hall–Kier alpha value is -4.16. The minimum absolute atomic E-state index is 0.355. The summed E-state index contributed by atoms with van der Waals surface area (Å²) in [6.45, 7) is 43.5. The van der Waals surface area contributed by atoms with Crippen molar-refractivity contribution in [1.29, 1.82) is 0 Å². The van der Waals surface area contributed by atoms with Gasteiger partial charge in [-0.2, -0.15) is 0 Å². The lowest BCUT2D eigenvalue weighted by atomic mass is 10.0. The normalized spacial score (nSPS) is 11.8.